The van der Waals surface area contributed by atoms with Gasteiger partial charge in [0, 0.05) is 18.6 Å². The first-order chi connectivity index (χ1) is 10.2. The van der Waals surface area contributed by atoms with Gasteiger partial charge in [-0.15, -0.1) is 0 Å². The van der Waals surface area contributed by atoms with Crippen molar-refractivity contribution in [1.82, 2.24) is 10.2 Å². The van der Waals surface area contributed by atoms with E-state index >= 15 is 0 Å². The molecule has 0 bridgehead atoms. The van der Waals surface area contributed by atoms with Crippen LogP contribution in [0.1, 0.15) is 50.7 Å². The Morgan fingerprint density at radius 3 is 2.48 bits per heavy atom. The molecule has 2 aliphatic rings. The maximum absolute atomic E-state index is 3.59. The first-order valence-electron chi connectivity index (χ1n) is 8.77. The van der Waals surface area contributed by atoms with E-state index in [1.807, 2.05) is 0 Å². The lowest BCUT2D eigenvalue weighted by molar-refractivity contribution is 0.106. The fourth-order valence-electron chi connectivity index (χ4n) is 3.40. The molecule has 2 atom stereocenters. The SMILES string of the molecule is CC1CCCN(Cc2ccc(CCNC3CC3)cc2)C1C. The summed E-state index contributed by atoms with van der Waals surface area (Å²) in [6.45, 7) is 8.30. The topological polar surface area (TPSA) is 15.3 Å². The van der Waals surface area contributed by atoms with Crippen LogP contribution in [0.3, 0.4) is 0 Å². The van der Waals surface area contributed by atoms with Crippen LogP contribution in [0.15, 0.2) is 24.3 Å². The van der Waals surface area contributed by atoms with Gasteiger partial charge in [0.05, 0.1) is 0 Å². The maximum Gasteiger partial charge on any atom is 0.0236 e. The molecule has 1 aliphatic heterocycles. The Bertz CT molecular complexity index is 435. The Labute approximate surface area is 129 Å². The van der Waals surface area contributed by atoms with E-state index in [2.05, 4.69) is 48.3 Å². The van der Waals surface area contributed by atoms with Crippen molar-refractivity contribution in [1.29, 1.82) is 0 Å². The number of hydrogen-bond acceptors (Lipinski definition) is 2. The molecule has 1 aromatic carbocycles. The van der Waals surface area contributed by atoms with Crippen LogP contribution in [0.5, 0.6) is 0 Å². The summed E-state index contributed by atoms with van der Waals surface area (Å²) in [4.78, 5) is 2.65. The van der Waals surface area contributed by atoms with Crippen LogP contribution in [0.2, 0.25) is 0 Å². The summed E-state index contributed by atoms with van der Waals surface area (Å²) in [6.07, 6.45) is 6.67. The van der Waals surface area contributed by atoms with Crippen LogP contribution in [-0.4, -0.2) is 30.1 Å². The molecule has 1 saturated heterocycles. The molecule has 1 aliphatic carbocycles. The van der Waals surface area contributed by atoms with Crippen molar-refractivity contribution in [3.8, 4) is 0 Å². The van der Waals surface area contributed by atoms with Gasteiger partial charge in [-0.1, -0.05) is 31.2 Å². The Hall–Kier alpha value is -0.860. The number of piperidine rings is 1. The molecule has 1 N–H and O–H groups in total. The van der Waals surface area contributed by atoms with E-state index in [1.165, 1.54) is 43.4 Å². The fraction of sp³-hybridized carbons (Fsp3) is 0.684. The number of rotatable bonds is 6. The van der Waals surface area contributed by atoms with E-state index < -0.39 is 0 Å². The third-order valence-electron chi connectivity index (χ3n) is 5.34. The summed E-state index contributed by atoms with van der Waals surface area (Å²) in [7, 11) is 0. The molecule has 0 aromatic heterocycles. The number of benzene rings is 1. The zero-order chi connectivity index (χ0) is 14.7. The lowest BCUT2D eigenvalue weighted by Crippen LogP contribution is -2.41. The minimum atomic E-state index is 0.723. The van der Waals surface area contributed by atoms with Gasteiger partial charge in [0.15, 0.2) is 0 Å². The Morgan fingerprint density at radius 2 is 1.76 bits per heavy atom. The summed E-state index contributed by atoms with van der Waals surface area (Å²) in [5.74, 6) is 0.839. The largest absolute Gasteiger partial charge is 0.314 e. The first kappa shape index (κ1) is 15.1. The minimum absolute atomic E-state index is 0.723. The van der Waals surface area contributed by atoms with Crippen molar-refractivity contribution >= 4 is 0 Å². The molecule has 0 radical (unpaired) electrons. The molecular formula is C19H30N2. The molecule has 2 heteroatoms. The second-order valence-corrected chi connectivity index (χ2v) is 7.13. The molecule has 1 aromatic rings. The van der Waals surface area contributed by atoms with Crippen LogP contribution in [0.4, 0.5) is 0 Å². The molecular weight excluding hydrogens is 256 g/mol. The molecule has 0 spiro atoms. The normalized spacial score (nSPS) is 27.0. The van der Waals surface area contributed by atoms with E-state index in [0.29, 0.717) is 0 Å². The Kier molecular flexibility index (Phi) is 4.97. The average molecular weight is 286 g/mol. The molecule has 3 rings (SSSR count). The van der Waals surface area contributed by atoms with Crippen molar-refractivity contribution in [3.05, 3.63) is 35.4 Å². The van der Waals surface area contributed by atoms with Crippen molar-refractivity contribution in [3.63, 3.8) is 0 Å². The van der Waals surface area contributed by atoms with Crippen LogP contribution in [0.25, 0.3) is 0 Å². The predicted molar refractivity (Wildman–Crippen MR) is 89.4 cm³/mol. The molecule has 1 heterocycles. The van der Waals surface area contributed by atoms with Gasteiger partial charge in [-0.05, 0) is 69.2 Å². The highest BCUT2D eigenvalue weighted by Crippen LogP contribution is 2.24. The highest BCUT2D eigenvalue weighted by Gasteiger charge is 2.24. The number of nitrogens with zero attached hydrogens (tertiary/aromatic N) is 1. The molecule has 0 amide bonds. The molecule has 116 valence electrons. The summed E-state index contributed by atoms with van der Waals surface area (Å²) in [5.41, 5.74) is 2.93. The molecule has 2 nitrogen and oxygen atoms in total. The van der Waals surface area contributed by atoms with Crippen LogP contribution in [0, 0.1) is 5.92 Å². The van der Waals surface area contributed by atoms with Gasteiger partial charge in [-0.25, -0.2) is 0 Å². The number of nitrogens with one attached hydrogen (secondary N) is 1. The highest BCUT2D eigenvalue weighted by molar-refractivity contribution is 5.23. The van der Waals surface area contributed by atoms with Crippen molar-refractivity contribution in [2.45, 2.75) is 64.6 Å². The predicted octanol–water partition coefficient (Wildman–Crippen LogP) is 3.60. The highest BCUT2D eigenvalue weighted by atomic mass is 15.2. The minimum Gasteiger partial charge on any atom is -0.314 e. The second-order valence-electron chi connectivity index (χ2n) is 7.13. The quantitative estimate of drug-likeness (QED) is 0.859. The monoisotopic (exact) mass is 286 g/mol. The summed E-state index contributed by atoms with van der Waals surface area (Å²) < 4.78 is 0. The summed E-state index contributed by atoms with van der Waals surface area (Å²) in [6, 6.07) is 10.9. The van der Waals surface area contributed by atoms with Gasteiger partial charge in [-0.3, -0.25) is 4.90 Å². The number of hydrogen-bond donors (Lipinski definition) is 1. The number of likely N-dealkylation sites (tertiary alicyclic amines) is 1. The smallest absolute Gasteiger partial charge is 0.0236 e. The Morgan fingerprint density at radius 1 is 1.05 bits per heavy atom. The lowest BCUT2D eigenvalue weighted by Gasteiger charge is -2.38. The third kappa shape index (κ3) is 4.31. The van der Waals surface area contributed by atoms with Gasteiger partial charge < -0.3 is 5.32 Å². The molecule has 2 unspecified atom stereocenters. The molecule has 21 heavy (non-hydrogen) atoms. The van der Waals surface area contributed by atoms with Gasteiger partial charge >= 0.3 is 0 Å². The van der Waals surface area contributed by atoms with Crippen LogP contribution < -0.4 is 5.32 Å². The van der Waals surface area contributed by atoms with Gasteiger partial charge in [0.2, 0.25) is 0 Å². The van der Waals surface area contributed by atoms with E-state index in [4.69, 9.17) is 0 Å². The van der Waals surface area contributed by atoms with Crippen LogP contribution >= 0.6 is 0 Å². The zero-order valence-corrected chi connectivity index (χ0v) is 13.6. The zero-order valence-electron chi connectivity index (χ0n) is 13.6. The van der Waals surface area contributed by atoms with Crippen molar-refractivity contribution < 1.29 is 0 Å². The Balaban J connectivity index is 1.48. The van der Waals surface area contributed by atoms with E-state index in [1.54, 1.807) is 0 Å². The first-order valence-corrected chi connectivity index (χ1v) is 8.77. The van der Waals surface area contributed by atoms with E-state index in [-0.39, 0.29) is 0 Å². The lowest BCUT2D eigenvalue weighted by atomic mass is 9.91. The standard InChI is InChI=1S/C19H30N2/c1-15-4-3-13-21(16(15)2)14-18-7-5-17(6-8-18)11-12-20-19-9-10-19/h5-8,15-16,19-20H,3-4,9-14H2,1-2H3. The van der Waals surface area contributed by atoms with Gasteiger partial charge in [0.25, 0.3) is 0 Å². The van der Waals surface area contributed by atoms with Crippen LogP contribution in [-0.2, 0) is 13.0 Å². The third-order valence-corrected chi connectivity index (χ3v) is 5.34. The average Bonchev–Trinajstić information content (AvgIpc) is 3.30. The summed E-state index contributed by atoms with van der Waals surface area (Å²) in [5, 5.41) is 3.59. The van der Waals surface area contributed by atoms with Crippen molar-refractivity contribution in [2.24, 2.45) is 5.92 Å². The summed E-state index contributed by atoms with van der Waals surface area (Å²) >= 11 is 0. The van der Waals surface area contributed by atoms with Gasteiger partial charge in [-0.2, -0.15) is 0 Å². The van der Waals surface area contributed by atoms with E-state index in [0.717, 1.165) is 37.5 Å². The molecule has 1 saturated carbocycles. The van der Waals surface area contributed by atoms with Crippen molar-refractivity contribution in [2.75, 3.05) is 13.1 Å². The fourth-order valence-corrected chi connectivity index (χ4v) is 3.40. The second kappa shape index (κ2) is 6.93. The molecule has 2 fully saturated rings. The maximum atomic E-state index is 3.59. The van der Waals surface area contributed by atoms with E-state index in [9.17, 15) is 0 Å². The van der Waals surface area contributed by atoms with Gasteiger partial charge in [0.1, 0.15) is 0 Å².